The van der Waals surface area contributed by atoms with Gasteiger partial charge in [-0.3, -0.25) is 0 Å². The van der Waals surface area contributed by atoms with Gasteiger partial charge in [-0.25, -0.2) is 0 Å². The molecule has 0 aromatic rings. The van der Waals surface area contributed by atoms with Gasteiger partial charge in [0.05, 0.1) is 0 Å². The zero-order valence-electron chi connectivity index (χ0n) is 10.5. The van der Waals surface area contributed by atoms with Crippen LogP contribution >= 0.6 is 0 Å². The van der Waals surface area contributed by atoms with Crippen molar-refractivity contribution >= 4 is 6.15 Å². The van der Waals surface area contributed by atoms with Gasteiger partial charge in [-0.2, -0.15) is 9.59 Å². The summed E-state index contributed by atoms with van der Waals surface area (Å²) in [6, 6.07) is 0.727. The van der Waals surface area contributed by atoms with Crippen molar-refractivity contribution in [3.63, 3.8) is 0 Å². The normalized spacial score (nSPS) is 26.3. The average molecular weight is 213 g/mol. The molecule has 3 heteroatoms. The lowest BCUT2D eigenvalue weighted by molar-refractivity contribution is -0.191. The molecule has 0 N–H and O–H groups in total. The predicted octanol–water partition coefficient (Wildman–Crippen LogP) is 2.18. The Hall–Kier alpha value is -0.660. The Morgan fingerprint density at radius 1 is 1.20 bits per heavy atom. The maximum atomic E-state index is 8.12. The fraction of sp³-hybridized carbons (Fsp3) is 0.917. The highest BCUT2D eigenvalue weighted by atomic mass is 16.2. The van der Waals surface area contributed by atoms with Gasteiger partial charge >= 0.3 is 6.15 Å². The fourth-order valence-electron chi connectivity index (χ4n) is 1.93. The first kappa shape index (κ1) is 14.3. The highest BCUT2D eigenvalue weighted by Crippen LogP contribution is 2.37. The fourth-order valence-corrected chi connectivity index (χ4v) is 1.93. The van der Waals surface area contributed by atoms with Crippen molar-refractivity contribution in [2.75, 3.05) is 13.1 Å². The van der Waals surface area contributed by atoms with Gasteiger partial charge < -0.3 is 4.90 Å². The summed E-state index contributed by atoms with van der Waals surface area (Å²) in [5.41, 5.74) is 0.574. The Kier molecular flexibility index (Phi) is 5.77. The largest absolute Gasteiger partial charge is 0.373 e. The third-order valence-corrected chi connectivity index (χ3v) is 3.66. The second-order valence-electron chi connectivity index (χ2n) is 5.21. The van der Waals surface area contributed by atoms with Gasteiger partial charge in [-0.15, -0.1) is 0 Å². The molecule has 0 aromatic heterocycles. The highest BCUT2D eigenvalue weighted by molar-refractivity contribution is 5.20. The number of hydrogen-bond donors (Lipinski definition) is 0. The summed E-state index contributed by atoms with van der Waals surface area (Å²) in [4.78, 5) is 18.8. The van der Waals surface area contributed by atoms with Gasteiger partial charge in [-0.05, 0) is 38.1 Å². The maximum absolute atomic E-state index is 8.12. The first-order valence-corrected chi connectivity index (χ1v) is 5.60. The van der Waals surface area contributed by atoms with Gasteiger partial charge in [-0.1, -0.05) is 20.8 Å². The maximum Gasteiger partial charge on any atom is 0.373 e. The molecule has 1 unspecified atom stereocenters. The molecule has 1 fully saturated rings. The van der Waals surface area contributed by atoms with Crippen LogP contribution in [0.2, 0.25) is 0 Å². The highest BCUT2D eigenvalue weighted by Gasteiger charge is 2.36. The van der Waals surface area contributed by atoms with Crippen molar-refractivity contribution in [1.29, 1.82) is 0 Å². The molecule has 1 heterocycles. The van der Waals surface area contributed by atoms with E-state index >= 15 is 0 Å². The molecule has 0 radical (unpaired) electrons. The van der Waals surface area contributed by atoms with E-state index in [-0.39, 0.29) is 6.15 Å². The smallest absolute Gasteiger partial charge is 0.300 e. The SMILES string of the molecule is CC(C)N1CCC(C)(C(C)C)C1.O=C=O. The summed E-state index contributed by atoms with van der Waals surface area (Å²) in [6.45, 7) is 14.3. The molecule has 1 aliphatic heterocycles. The summed E-state index contributed by atoms with van der Waals surface area (Å²) in [5.74, 6) is 0.821. The van der Waals surface area contributed by atoms with Crippen LogP contribution in [0.5, 0.6) is 0 Å². The number of nitrogens with zero attached hydrogens (tertiary/aromatic N) is 1. The van der Waals surface area contributed by atoms with E-state index in [0.29, 0.717) is 5.41 Å². The molecule has 0 bridgehead atoms. The van der Waals surface area contributed by atoms with Gasteiger partial charge in [0, 0.05) is 12.6 Å². The first-order valence-electron chi connectivity index (χ1n) is 5.60. The molecular weight excluding hydrogens is 190 g/mol. The lowest BCUT2D eigenvalue weighted by Crippen LogP contribution is -2.32. The van der Waals surface area contributed by atoms with Crippen molar-refractivity contribution in [3.05, 3.63) is 0 Å². The van der Waals surface area contributed by atoms with Crippen molar-refractivity contribution in [1.82, 2.24) is 4.90 Å². The van der Waals surface area contributed by atoms with Crippen LogP contribution in [0.25, 0.3) is 0 Å². The Morgan fingerprint density at radius 2 is 1.67 bits per heavy atom. The van der Waals surface area contributed by atoms with Crippen LogP contribution in [-0.4, -0.2) is 30.2 Å². The number of rotatable bonds is 2. The molecule has 3 nitrogen and oxygen atoms in total. The van der Waals surface area contributed by atoms with E-state index in [0.717, 1.165) is 12.0 Å². The molecule has 0 amide bonds. The Balaban J connectivity index is 0.000000583. The molecule has 1 atom stereocenters. The molecule has 88 valence electrons. The van der Waals surface area contributed by atoms with E-state index in [1.807, 2.05) is 0 Å². The average Bonchev–Trinajstić information content (AvgIpc) is 2.51. The number of likely N-dealkylation sites (tertiary alicyclic amines) is 1. The summed E-state index contributed by atoms with van der Waals surface area (Å²) in [7, 11) is 0. The van der Waals surface area contributed by atoms with E-state index in [2.05, 4.69) is 39.5 Å². The Bertz CT molecular complexity index is 220. The van der Waals surface area contributed by atoms with Gasteiger partial charge in [0.2, 0.25) is 0 Å². The monoisotopic (exact) mass is 213 g/mol. The lowest BCUT2D eigenvalue weighted by atomic mass is 9.78. The van der Waals surface area contributed by atoms with E-state index in [1.165, 1.54) is 19.5 Å². The third kappa shape index (κ3) is 4.15. The lowest BCUT2D eigenvalue weighted by Gasteiger charge is -2.30. The van der Waals surface area contributed by atoms with Crippen molar-refractivity contribution < 1.29 is 9.59 Å². The topological polar surface area (TPSA) is 37.4 Å². The molecule has 15 heavy (non-hydrogen) atoms. The summed E-state index contributed by atoms with van der Waals surface area (Å²) in [5, 5.41) is 0. The molecular formula is C12H23NO2. The quantitative estimate of drug-likeness (QED) is 0.705. The van der Waals surface area contributed by atoms with Crippen LogP contribution in [-0.2, 0) is 9.59 Å². The Labute approximate surface area is 92.8 Å². The minimum Gasteiger partial charge on any atom is -0.300 e. The molecule has 1 aliphatic rings. The van der Waals surface area contributed by atoms with E-state index < -0.39 is 0 Å². The van der Waals surface area contributed by atoms with Gasteiger partial charge in [0.25, 0.3) is 0 Å². The van der Waals surface area contributed by atoms with Crippen LogP contribution in [0.15, 0.2) is 0 Å². The van der Waals surface area contributed by atoms with Crippen LogP contribution in [0.4, 0.5) is 0 Å². The predicted molar refractivity (Wildman–Crippen MR) is 59.3 cm³/mol. The van der Waals surface area contributed by atoms with E-state index in [1.54, 1.807) is 0 Å². The second-order valence-corrected chi connectivity index (χ2v) is 5.21. The van der Waals surface area contributed by atoms with Crippen molar-refractivity contribution in [2.24, 2.45) is 11.3 Å². The molecule has 1 saturated heterocycles. The minimum atomic E-state index is 0.250. The molecule has 0 aliphatic carbocycles. The van der Waals surface area contributed by atoms with E-state index in [9.17, 15) is 0 Å². The zero-order valence-corrected chi connectivity index (χ0v) is 10.5. The summed E-state index contributed by atoms with van der Waals surface area (Å²) < 4.78 is 0. The summed E-state index contributed by atoms with van der Waals surface area (Å²) in [6.07, 6.45) is 1.63. The molecule has 0 saturated carbocycles. The second kappa shape index (κ2) is 6.04. The molecule has 0 aromatic carbocycles. The van der Waals surface area contributed by atoms with Gasteiger partial charge in [0.15, 0.2) is 0 Å². The third-order valence-electron chi connectivity index (χ3n) is 3.66. The van der Waals surface area contributed by atoms with Crippen LogP contribution < -0.4 is 0 Å². The number of carbonyl (C=O) groups excluding carboxylic acids is 2. The van der Waals surface area contributed by atoms with Crippen molar-refractivity contribution in [2.45, 2.75) is 47.1 Å². The minimum absolute atomic E-state index is 0.250. The van der Waals surface area contributed by atoms with Crippen LogP contribution in [0.3, 0.4) is 0 Å². The molecule has 0 spiro atoms. The number of hydrogen-bond acceptors (Lipinski definition) is 3. The summed E-state index contributed by atoms with van der Waals surface area (Å²) >= 11 is 0. The zero-order chi connectivity index (χ0) is 12.1. The van der Waals surface area contributed by atoms with Crippen molar-refractivity contribution in [3.8, 4) is 0 Å². The first-order chi connectivity index (χ1) is 6.87. The molecule has 1 rings (SSSR count). The van der Waals surface area contributed by atoms with E-state index in [4.69, 9.17) is 9.59 Å². The Morgan fingerprint density at radius 3 is 1.87 bits per heavy atom. The van der Waals surface area contributed by atoms with Gasteiger partial charge in [0.1, 0.15) is 0 Å². The standard InChI is InChI=1S/C11H23N.CO2/c1-9(2)11(5)6-7-12(8-11)10(3)4;2-1-3/h9-10H,6-8H2,1-5H3;. The van der Waals surface area contributed by atoms with Crippen LogP contribution in [0.1, 0.15) is 41.0 Å². The van der Waals surface area contributed by atoms with Crippen LogP contribution in [0, 0.1) is 11.3 Å².